The minimum Gasteiger partial charge on any atom is -0.451 e. The molecule has 0 bridgehead atoms. The van der Waals surface area contributed by atoms with Gasteiger partial charge in [-0.3, -0.25) is 19.3 Å². The number of carbonyl (C=O) groups excluding carboxylic acids is 3. The van der Waals surface area contributed by atoms with Crippen molar-refractivity contribution < 1.29 is 23.2 Å². The van der Waals surface area contributed by atoms with E-state index in [4.69, 9.17) is 4.42 Å². The van der Waals surface area contributed by atoms with E-state index in [1.54, 1.807) is 18.2 Å². The molecule has 5 rings (SSSR count). The maximum Gasteiger partial charge on any atom is 0.293 e. The maximum absolute atomic E-state index is 14.0. The largest absolute Gasteiger partial charge is 0.451 e. The van der Waals surface area contributed by atoms with Gasteiger partial charge in [0, 0.05) is 40.6 Å². The second-order valence-electron chi connectivity index (χ2n) is 9.09. The lowest BCUT2D eigenvalue weighted by atomic mass is 10.0. The van der Waals surface area contributed by atoms with Crippen LogP contribution in [0.2, 0.25) is 0 Å². The van der Waals surface area contributed by atoms with Crippen LogP contribution in [0.15, 0.2) is 57.9 Å². The normalized spacial score (nSPS) is 17.8. The number of para-hydroxylation sites is 1. The number of benzene rings is 2. The molecule has 6 nitrogen and oxygen atoms in total. The molecule has 0 atom stereocenters. The quantitative estimate of drug-likeness (QED) is 0.325. The molecule has 1 aromatic heterocycles. The predicted molar refractivity (Wildman–Crippen MR) is 146 cm³/mol. The van der Waals surface area contributed by atoms with Crippen LogP contribution in [0.25, 0.3) is 17.0 Å². The Kier molecular flexibility index (Phi) is 8.00. The van der Waals surface area contributed by atoms with Gasteiger partial charge in [-0.05, 0) is 42.8 Å². The fourth-order valence-corrected chi connectivity index (χ4v) is 6.86. The molecule has 37 heavy (non-hydrogen) atoms. The zero-order chi connectivity index (χ0) is 25.8. The third kappa shape index (κ3) is 5.78. The molecular weight excluding hydrogens is 511 g/mol. The Morgan fingerprint density at radius 3 is 2.68 bits per heavy atom. The molecule has 9 heteroatoms. The van der Waals surface area contributed by atoms with E-state index in [1.165, 1.54) is 44.2 Å². The first-order valence-corrected chi connectivity index (χ1v) is 14.3. The average Bonchev–Trinajstić information content (AvgIpc) is 3.41. The number of amides is 3. The third-order valence-corrected chi connectivity index (χ3v) is 8.91. The number of halogens is 1. The van der Waals surface area contributed by atoms with Crippen LogP contribution in [0.4, 0.5) is 9.18 Å². The van der Waals surface area contributed by atoms with E-state index >= 15 is 0 Å². The molecule has 192 valence electrons. The highest BCUT2D eigenvalue weighted by Gasteiger charge is 2.35. The summed E-state index contributed by atoms with van der Waals surface area (Å²) in [7, 11) is 0. The number of hydrogen-bond donors (Lipinski definition) is 1. The number of furan rings is 1. The summed E-state index contributed by atoms with van der Waals surface area (Å²) >= 11 is 2.64. The number of nitrogens with zero attached hydrogens (tertiary/aromatic N) is 1. The Balaban J connectivity index is 1.24. The van der Waals surface area contributed by atoms with Gasteiger partial charge in [0.1, 0.15) is 11.4 Å². The third-order valence-electron chi connectivity index (χ3n) is 6.61. The van der Waals surface area contributed by atoms with E-state index in [2.05, 4.69) is 5.32 Å². The fourth-order valence-electron chi connectivity index (χ4n) is 4.65. The van der Waals surface area contributed by atoms with Crippen molar-refractivity contribution >= 4 is 57.6 Å². The summed E-state index contributed by atoms with van der Waals surface area (Å²) in [6.45, 7) is 0.0908. The number of carbonyl (C=O) groups is 3. The fraction of sp³-hybridized carbons (Fsp3) is 0.321. The predicted octanol–water partition coefficient (Wildman–Crippen LogP) is 6.60. The Labute approximate surface area is 223 Å². The first-order chi connectivity index (χ1) is 18.0. The van der Waals surface area contributed by atoms with Gasteiger partial charge in [0.15, 0.2) is 5.76 Å². The number of hydrogen-bond acceptors (Lipinski definition) is 6. The van der Waals surface area contributed by atoms with Gasteiger partial charge in [-0.1, -0.05) is 55.7 Å². The molecule has 0 spiro atoms. The highest BCUT2D eigenvalue weighted by Crippen LogP contribution is 2.35. The van der Waals surface area contributed by atoms with Crippen LogP contribution in [0.5, 0.6) is 0 Å². The standard InChI is InChI=1S/C28H27FN2O4S2/c29-22-12-6-4-8-18(22)16-24-27(33)31(28(34)37-24)15-14-30-26(32)25-21(17-36-19-9-2-1-3-10-19)20-11-5-7-13-23(20)35-25/h4-8,11-13,16,19H,1-3,9-10,14-15,17H2,(H,30,32)/b24-16-. The van der Waals surface area contributed by atoms with Gasteiger partial charge in [0.2, 0.25) is 0 Å². The second kappa shape index (κ2) is 11.6. The monoisotopic (exact) mass is 538 g/mol. The molecule has 0 radical (unpaired) electrons. The molecule has 1 N–H and O–H groups in total. The van der Waals surface area contributed by atoms with Crippen LogP contribution in [0, 0.1) is 5.82 Å². The zero-order valence-electron chi connectivity index (χ0n) is 20.2. The van der Waals surface area contributed by atoms with Crippen molar-refractivity contribution in [3.63, 3.8) is 0 Å². The van der Waals surface area contributed by atoms with Crippen molar-refractivity contribution in [1.82, 2.24) is 10.2 Å². The van der Waals surface area contributed by atoms with Gasteiger partial charge in [-0.2, -0.15) is 11.8 Å². The number of imide groups is 1. The molecule has 2 aliphatic rings. The smallest absolute Gasteiger partial charge is 0.293 e. The summed E-state index contributed by atoms with van der Waals surface area (Å²) in [6, 6.07) is 13.7. The van der Waals surface area contributed by atoms with Crippen molar-refractivity contribution in [3.8, 4) is 0 Å². The number of nitrogens with one attached hydrogen (secondary N) is 1. The van der Waals surface area contributed by atoms with Crippen molar-refractivity contribution in [1.29, 1.82) is 0 Å². The molecule has 3 amide bonds. The second-order valence-corrected chi connectivity index (χ2v) is 11.4. The van der Waals surface area contributed by atoms with Crippen LogP contribution in [0.1, 0.15) is 53.8 Å². The first kappa shape index (κ1) is 25.6. The molecule has 1 saturated heterocycles. The minimum absolute atomic E-state index is 0.0113. The van der Waals surface area contributed by atoms with Gasteiger partial charge >= 0.3 is 0 Å². The maximum atomic E-state index is 14.0. The van der Waals surface area contributed by atoms with Gasteiger partial charge in [-0.15, -0.1) is 0 Å². The summed E-state index contributed by atoms with van der Waals surface area (Å²) in [5, 5.41) is 3.88. The molecule has 0 unspecified atom stereocenters. The Morgan fingerprint density at radius 1 is 1.11 bits per heavy atom. The molecule has 1 saturated carbocycles. The molecule has 3 aromatic rings. The molecule has 2 aromatic carbocycles. The number of fused-ring (bicyclic) bond motifs is 1. The van der Waals surface area contributed by atoms with E-state index in [0.29, 0.717) is 16.6 Å². The summed E-state index contributed by atoms with van der Waals surface area (Å²) in [5.74, 6) is -0.373. The van der Waals surface area contributed by atoms with Gasteiger partial charge in [0.25, 0.3) is 17.1 Å². The number of rotatable bonds is 8. The van der Waals surface area contributed by atoms with E-state index < -0.39 is 17.0 Å². The number of thioether (sulfide) groups is 2. The van der Waals surface area contributed by atoms with Crippen LogP contribution in [0.3, 0.4) is 0 Å². The molecule has 1 aliphatic heterocycles. The average molecular weight is 539 g/mol. The van der Waals surface area contributed by atoms with E-state index in [9.17, 15) is 18.8 Å². The lowest BCUT2D eigenvalue weighted by Gasteiger charge is -2.20. The highest BCUT2D eigenvalue weighted by molar-refractivity contribution is 8.18. The zero-order valence-corrected chi connectivity index (χ0v) is 21.8. The van der Waals surface area contributed by atoms with E-state index in [0.717, 1.165) is 27.6 Å². The van der Waals surface area contributed by atoms with E-state index in [1.807, 2.05) is 36.0 Å². The van der Waals surface area contributed by atoms with Crippen LogP contribution in [-0.4, -0.2) is 40.3 Å². The van der Waals surface area contributed by atoms with Gasteiger partial charge < -0.3 is 9.73 Å². The molecule has 1 aliphatic carbocycles. The lowest BCUT2D eigenvalue weighted by molar-refractivity contribution is -0.122. The van der Waals surface area contributed by atoms with Crippen molar-refractivity contribution in [2.45, 2.75) is 43.1 Å². The summed E-state index contributed by atoms with van der Waals surface area (Å²) in [4.78, 5) is 39.5. The molecular formula is C28H27FN2O4S2. The Bertz CT molecular complexity index is 1360. The minimum atomic E-state index is -0.499. The first-order valence-electron chi connectivity index (χ1n) is 12.4. The summed E-state index contributed by atoms with van der Waals surface area (Å²) in [5.41, 5.74) is 1.78. The van der Waals surface area contributed by atoms with Crippen molar-refractivity contribution in [3.05, 3.63) is 76.1 Å². The van der Waals surface area contributed by atoms with Crippen LogP contribution < -0.4 is 5.32 Å². The summed E-state index contributed by atoms with van der Waals surface area (Å²) in [6.07, 6.45) is 7.57. The topological polar surface area (TPSA) is 79.6 Å². The van der Waals surface area contributed by atoms with Crippen LogP contribution >= 0.6 is 23.5 Å². The lowest BCUT2D eigenvalue weighted by Crippen LogP contribution is -2.37. The van der Waals surface area contributed by atoms with Gasteiger partial charge in [0.05, 0.1) is 4.91 Å². The Morgan fingerprint density at radius 2 is 1.86 bits per heavy atom. The molecule has 2 fully saturated rings. The van der Waals surface area contributed by atoms with E-state index in [-0.39, 0.29) is 35.2 Å². The van der Waals surface area contributed by atoms with Crippen molar-refractivity contribution in [2.24, 2.45) is 0 Å². The Hall–Kier alpha value is -3.04. The summed E-state index contributed by atoms with van der Waals surface area (Å²) < 4.78 is 19.9. The SMILES string of the molecule is O=C(NCCN1C(=O)S/C(=C\c2ccccc2F)C1=O)c1oc2ccccc2c1CSC1CCCCC1. The van der Waals surface area contributed by atoms with Crippen molar-refractivity contribution in [2.75, 3.05) is 13.1 Å². The van der Waals surface area contributed by atoms with Gasteiger partial charge in [-0.25, -0.2) is 4.39 Å². The molecule has 2 heterocycles. The van der Waals surface area contributed by atoms with Crippen LogP contribution in [-0.2, 0) is 10.5 Å². The highest BCUT2D eigenvalue weighted by atomic mass is 32.2.